The van der Waals surface area contributed by atoms with E-state index in [2.05, 4.69) is 16.9 Å². The van der Waals surface area contributed by atoms with Gasteiger partial charge in [0, 0.05) is 5.56 Å². The number of nitrogens with zero attached hydrogens (tertiary/aromatic N) is 2. The van der Waals surface area contributed by atoms with Crippen LogP contribution < -0.4 is 15.0 Å². The number of methoxy groups -OCH3 is 1. The van der Waals surface area contributed by atoms with Crippen molar-refractivity contribution < 1.29 is 9.47 Å². The monoisotopic (exact) mass is 345 g/mol. The Bertz CT molecular complexity index is 812. The lowest BCUT2D eigenvalue weighted by Gasteiger charge is -2.12. The summed E-state index contributed by atoms with van der Waals surface area (Å²) in [7, 11) is 1.55. The van der Waals surface area contributed by atoms with Gasteiger partial charge >= 0.3 is 0 Å². The largest absolute Gasteiger partial charge is 0.493 e. The Labute approximate surface area is 144 Å². The topological polar surface area (TPSA) is 88.0 Å². The fourth-order valence-electron chi connectivity index (χ4n) is 2.12. The third-order valence-electron chi connectivity index (χ3n) is 3.40. The van der Waals surface area contributed by atoms with E-state index in [1.165, 1.54) is 11.8 Å². The highest BCUT2D eigenvalue weighted by Gasteiger charge is 2.15. The summed E-state index contributed by atoms with van der Waals surface area (Å²) in [6.45, 7) is 2.70. The standard InChI is InChI=1S/C17H19N3O3S/c1-4-5-8-23-13-7-6-11(9-14(13)22-2)15-12(10-18)16(21)20-17(19-15)24-3/h6-7,9H,4-5,8H2,1-3H3,(H,19,20,21). The highest BCUT2D eigenvalue weighted by Crippen LogP contribution is 2.33. The summed E-state index contributed by atoms with van der Waals surface area (Å²) >= 11 is 1.31. The molecule has 1 N–H and O–H groups in total. The van der Waals surface area contributed by atoms with E-state index >= 15 is 0 Å². The fourth-order valence-corrected chi connectivity index (χ4v) is 2.50. The molecule has 2 aromatic rings. The molecule has 2 rings (SSSR count). The fraction of sp³-hybridized carbons (Fsp3) is 0.353. The zero-order valence-corrected chi connectivity index (χ0v) is 14.7. The predicted octanol–water partition coefficient (Wildman–Crippen LogP) is 3.22. The van der Waals surface area contributed by atoms with Crippen molar-refractivity contribution >= 4 is 11.8 Å². The highest BCUT2D eigenvalue weighted by molar-refractivity contribution is 7.98. The minimum absolute atomic E-state index is 0.0190. The number of hydrogen-bond donors (Lipinski definition) is 1. The molecule has 7 heteroatoms. The van der Waals surface area contributed by atoms with Crippen LogP contribution in [0.25, 0.3) is 11.3 Å². The molecule has 24 heavy (non-hydrogen) atoms. The number of hydrogen-bond acceptors (Lipinski definition) is 6. The summed E-state index contributed by atoms with van der Waals surface area (Å²) < 4.78 is 11.1. The number of thioether (sulfide) groups is 1. The Morgan fingerprint density at radius 3 is 2.79 bits per heavy atom. The molecule has 0 aliphatic heterocycles. The lowest BCUT2D eigenvalue weighted by Crippen LogP contribution is -2.14. The van der Waals surface area contributed by atoms with E-state index in [0.29, 0.717) is 34.5 Å². The van der Waals surface area contributed by atoms with Gasteiger partial charge in [0.15, 0.2) is 16.7 Å². The normalized spacial score (nSPS) is 10.2. The van der Waals surface area contributed by atoms with Crippen LogP contribution in [-0.4, -0.2) is 29.9 Å². The van der Waals surface area contributed by atoms with Crippen LogP contribution in [0.5, 0.6) is 11.5 Å². The SMILES string of the molecule is CCCCOc1ccc(-c2nc(SC)[nH]c(=O)c2C#N)cc1OC. The number of benzene rings is 1. The molecule has 1 heterocycles. The van der Waals surface area contributed by atoms with Gasteiger partial charge in [-0.05, 0) is 30.9 Å². The van der Waals surface area contributed by atoms with E-state index in [1.54, 1.807) is 31.6 Å². The molecule has 0 bridgehead atoms. The van der Waals surface area contributed by atoms with E-state index in [4.69, 9.17) is 9.47 Å². The molecule has 0 fully saturated rings. The first-order chi connectivity index (χ1) is 11.6. The van der Waals surface area contributed by atoms with Crippen molar-refractivity contribution in [3.05, 3.63) is 34.1 Å². The zero-order chi connectivity index (χ0) is 17.5. The Kier molecular flexibility index (Phi) is 6.27. The molecular formula is C17H19N3O3S. The summed E-state index contributed by atoms with van der Waals surface area (Å²) in [5, 5.41) is 9.73. The Morgan fingerprint density at radius 1 is 1.38 bits per heavy atom. The number of H-pyrrole nitrogens is 1. The quantitative estimate of drug-likeness (QED) is 0.471. The smallest absolute Gasteiger partial charge is 0.270 e. The Balaban J connectivity index is 2.48. The molecule has 1 aromatic carbocycles. The minimum Gasteiger partial charge on any atom is -0.493 e. The van der Waals surface area contributed by atoms with Gasteiger partial charge in [0.2, 0.25) is 0 Å². The van der Waals surface area contributed by atoms with Gasteiger partial charge in [-0.25, -0.2) is 4.98 Å². The van der Waals surface area contributed by atoms with Crippen LogP contribution in [0.3, 0.4) is 0 Å². The summed E-state index contributed by atoms with van der Waals surface area (Å²) in [6, 6.07) is 7.19. The molecule has 0 aliphatic carbocycles. The summed E-state index contributed by atoms with van der Waals surface area (Å²) in [5.74, 6) is 1.17. The minimum atomic E-state index is -0.450. The number of rotatable bonds is 7. The molecule has 126 valence electrons. The number of nitrogens with one attached hydrogen (secondary N) is 1. The van der Waals surface area contributed by atoms with Crippen LogP contribution in [0.15, 0.2) is 28.2 Å². The summed E-state index contributed by atoms with van der Waals surface area (Å²) in [4.78, 5) is 19.0. The number of ether oxygens (including phenoxy) is 2. The van der Waals surface area contributed by atoms with Gasteiger partial charge in [-0.15, -0.1) is 0 Å². The van der Waals surface area contributed by atoms with E-state index in [1.807, 2.05) is 6.07 Å². The molecule has 1 aromatic heterocycles. The average Bonchev–Trinajstić information content (AvgIpc) is 2.61. The van der Waals surface area contributed by atoms with E-state index in [-0.39, 0.29) is 5.56 Å². The molecule has 0 unspecified atom stereocenters. The van der Waals surface area contributed by atoms with Crippen LogP contribution in [0.2, 0.25) is 0 Å². The number of aromatic nitrogens is 2. The Morgan fingerprint density at radius 2 is 2.17 bits per heavy atom. The number of aromatic amines is 1. The van der Waals surface area contributed by atoms with E-state index in [0.717, 1.165) is 12.8 Å². The van der Waals surface area contributed by atoms with Crippen LogP contribution in [0.1, 0.15) is 25.3 Å². The predicted molar refractivity (Wildman–Crippen MR) is 93.7 cm³/mol. The molecule has 6 nitrogen and oxygen atoms in total. The first-order valence-electron chi connectivity index (χ1n) is 7.54. The molecule has 0 saturated carbocycles. The molecule has 0 atom stereocenters. The molecule has 0 aliphatic rings. The zero-order valence-electron chi connectivity index (χ0n) is 13.9. The van der Waals surface area contributed by atoms with Crippen molar-refractivity contribution in [2.24, 2.45) is 0 Å². The van der Waals surface area contributed by atoms with Crippen molar-refractivity contribution in [2.45, 2.75) is 24.9 Å². The molecule has 0 spiro atoms. The van der Waals surface area contributed by atoms with Crippen molar-refractivity contribution in [3.63, 3.8) is 0 Å². The lowest BCUT2D eigenvalue weighted by atomic mass is 10.1. The maximum absolute atomic E-state index is 12.0. The van der Waals surface area contributed by atoms with E-state index < -0.39 is 5.56 Å². The van der Waals surface area contributed by atoms with Gasteiger partial charge in [0.1, 0.15) is 11.6 Å². The van der Waals surface area contributed by atoms with Gasteiger partial charge in [-0.2, -0.15) is 5.26 Å². The highest BCUT2D eigenvalue weighted by atomic mass is 32.2. The van der Waals surface area contributed by atoms with Crippen LogP contribution in [-0.2, 0) is 0 Å². The third kappa shape index (κ3) is 3.89. The van der Waals surface area contributed by atoms with Crippen molar-refractivity contribution in [1.82, 2.24) is 9.97 Å². The van der Waals surface area contributed by atoms with Crippen LogP contribution in [0.4, 0.5) is 0 Å². The van der Waals surface area contributed by atoms with E-state index in [9.17, 15) is 10.1 Å². The first-order valence-corrected chi connectivity index (χ1v) is 8.76. The van der Waals surface area contributed by atoms with Crippen molar-refractivity contribution in [1.29, 1.82) is 5.26 Å². The maximum atomic E-state index is 12.0. The van der Waals surface area contributed by atoms with Gasteiger partial charge < -0.3 is 14.5 Å². The molecule has 0 saturated heterocycles. The van der Waals surface area contributed by atoms with Crippen LogP contribution >= 0.6 is 11.8 Å². The van der Waals surface area contributed by atoms with Gasteiger partial charge in [-0.3, -0.25) is 4.79 Å². The molecular weight excluding hydrogens is 326 g/mol. The number of unbranched alkanes of at least 4 members (excludes halogenated alkanes) is 1. The third-order valence-corrected chi connectivity index (χ3v) is 3.98. The molecule has 0 amide bonds. The average molecular weight is 345 g/mol. The van der Waals surface area contributed by atoms with Crippen molar-refractivity contribution in [3.8, 4) is 28.8 Å². The van der Waals surface area contributed by atoms with Gasteiger partial charge in [-0.1, -0.05) is 25.1 Å². The van der Waals surface area contributed by atoms with Crippen LogP contribution in [0, 0.1) is 11.3 Å². The maximum Gasteiger partial charge on any atom is 0.270 e. The lowest BCUT2D eigenvalue weighted by molar-refractivity contribution is 0.288. The van der Waals surface area contributed by atoms with Gasteiger partial charge in [0.05, 0.1) is 19.4 Å². The second-order valence-electron chi connectivity index (χ2n) is 4.98. The molecule has 0 radical (unpaired) electrons. The van der Waals surface area contributed by atoms with Gasteiger partial charge in [0.25, 0.3) is 5.56 Å². The number of nitriles is 1. The summed E-state index contributed by atoms with van der Waals surface area (Å²) in [5.41, 5.74) is 0.500. The Hall–Kier alpha value is -2.46. The first kappa shape index (κ1) is 17.9. The second kappa shape index (κ2) is 8.41. The van der Waals surface area contributed by atoms with Crippen molar-refractivity contribution in [2.75, 3.05) is 20.0 Å². The summed E-state index contributed by atoms with van der Waals surface area (Å²) in [6.07, 6.45) is 3.80. The second-order valence-corrected chi connectivity index (χ2v) is 5.77.